The second-order valence-corrected chi connectivity index (χ2v) is 13.4. The summed E-state index contributed by atoms with van der Waals surface area (Å²) in [6, 6.07) is 52.8. The molecule has 0 saturated heterocycles. The van der Waals surface area contributed by atoms with Gasteiger partial charge >= 0.3 is 0 Å². The average molecular weight is 644 g/mol. The number of rotatable bonds is 7. The van der Waals surface area contributed by atoms with Crippen LogP contribution in [0.4, 0.5) is 5.69 Å². The minimum Gasteiger partial charge on any atom is -0.361 e. The Kier molecular flexibility index (Phi) is 8.26. The third-order valence-corrected chi connectivity index (χ3v) is 10.6. The molecule has 0 amide bonds. The van der Waals surface area contributed by atoms with E-state index in [1.165, 1.54) is 72.3 Å². The molecule has 0 fully saturated rings. The maximum Gasteiger partial charge on any atom is 0.0510 e. The van der Waals surface area contributed by atoms with Crippen LogP contribution < -0.4 is 5.32 Å². The number of hydrogen-bond acceptors (Lipinski definition) is 1. The molecule has 0 radical (unpaired) electrons. The first-order chi connectivity index (χ1) is 24.6. The van der Waals surface area contributed by atoms with Gasteiger partial charge < -0.3 is 5.32 Å². The highest BCUT2D eigenvalue weighted by atomic mass is 14.8. The molecule has 6 aromatic rings. The summed E-state index contributed by atoms with van der Waals surface area (Å²) in [7, 11) is 0. The number of anilines is 1. The fraction of sp³-hybridized carbons (Fsp3) is 0.102. The molecule has 242 valence electrons. The minimum atomic E-state index is -0.344. The van der Waals surface area contributed by atoms with Gasteiger partial charge in [0.1, 0.15) is 0 Å². The van der Waals surface area contributed by atoms with E-state index in [1.54, 1.807) is 0 Å². The Morgan fingerprint density at radius 1 is 0.660 bits per heavy atom. The van der Waals surface area contributed by atoms with Crippen molar-refractivity contribution in [3.8, 4) is 11.1 Å². The summed E-state index contributed by atoms with van der Waals surface area (Å²) in [6.07, 6.45) is 10.6. The molecular formula is C49H41N. The van der Waals surface area contributed by atoms with Crippen LogP contribution in [0.1, 0.15) is 63.9 Å². The predicted molar refractivity (Wildman–Crippen MR) is 213 cm³/mol. The molecule has 1 nitrogen and oxygen atoms in total. The standard InChI is InChI=1S/C49H41N/c1-4-37-19-8-11-23-42(37)39(34(2)29-30-36-17-6-5-7-18-36)31-32-50-47-28-16-27-46-48(47)43-24-13-15-26-45(43)49(46)33-38-20-9-10-21-40(38)35(3)41-22-12-14-25-44(41)49/h5-32,50H,3-4,33H2,1-2H3/b30-29-,32-31+,39-34+. The second kappa shape index (κ2) is 13.2. The van der Waals surface area contributed by atoms with Gasteiger partial charge in [0.15, 0.2) is 0 Å². The first-order valence-electron chi connectivity index (χ1n) is 17.7. The van der Waals surface area contributed by atoms with Gasteiger partial charge in [-0.05, 0) is 104 Å². The predicted octanol–water partition coefficient (Wildman–Crippen LogP) is 12.3. The SMILES string of the molecule is C=C1c2ccccc2CC2(c3ccccc31)c1ccccc1-c1c(N/C=C/C(=C(C)\C=C/c3ccccc3)c3ccccc3CC)cccc12. The van der Waals surface area contributed by atoms with Crippen LogP contribution in [0.5, 0.6) is 0 Å². The Labute approximate surface area is 296 Å². The van der Waals surface area contributed by atoms with Crippen molar-refractivity contribution in [2.75, 3.05) is 5.32 Å². The number of hydrogen-bond donors (Lipinski definition) is 1. The minimum absolute atomic E-state index is 0.344. The van der Waals surface area contributed by atoms with Gasteiger partial charge in [-0.1, -0.05) is 165 Å². The molecule has 2 aliphatic carbocycles. The Hall–Kier alpha value is -5.92. The molecule has 1 unspecified atom stereocenters. The van der Waals surface area contributed by atoms with Crippen molar-refractivity contribution in [1.82, 2.24) is 0 Å². The van der Waals surface area contributed by atoms with Crippen LogP contribution in [0.25, 0.3) is 28.3 Å². The first-order valence-corrected chi connectivity index (χ1v) is 17.7. The van der Waals surface area contributed by atoms with Crippen LogP contribution in [0.15, 0.2) is 176 Å². The molecule has 8 rings (SSSR count). The zero-order valence-electron chi connectivity index (χ0n) is 28.8. The summed E-state index contributed by atoms with van der Waals surface area (Å²) in [5.74, 6) is 0. The molecule has 6 aromatic carbocycles. The normalized spacial score (nSPS) is 16.5. The van der Waals surface area contributed by atoms with Gasteiger partial charge in [-0.3, -0.25) is 0 Å². The van der Waals surface area contributed by atoms with Gasteiger partial charge in [-0.25, -0.2) is 0 Å². The van der Waals surface area contributed by atoms with E-state index in [-0.39, 0.29) is 5.41 Å². The lowest BCUT2D eigenvalue weighted by Gasteiger charge is -2.33. The summed E-state index contributed by atoms with van der Waals surface area (Å²) in [5.41, 5.74) is 18.4. The second-order valence-electron chi connectivity index (χ2n) is 13.4. The summed E-state index contributed by atoms with van der Waals surface area (Å²) in [4.78, 5) is 0. The Bertz CT molecular complexity index is 2330. The highest BCUT2D eigenvalue weighted by Gasteiger charge is 2.48. The van der Waals surface area contributed by atoms with E-state index in [4.69, 9.17) is 0 Å². The Morgan fingerprint density at radius 2 is 1.30 bits per heavy atom. The molecule has 1 heteroatoms. The summed E-state index contributed by atoms with van der Waals surface area (Å²) < 4.78 is 0. The highest BCUT2D eigenvalue weighted by Crippen LogP contribution is 2.58. The van der Waals surface area contributed by atoms with E-state index >= 15 is 0 Å². The number of allylic oxidation sites excluding steroid dienone is 4. The quantitative estimate of drug-likeness (QED) is 0.171. The van der Waals surface area contributed by atoms with Crippen LogP contribution in [0.3, 0.4) is 0 Å². The number of benzene rings is 6. The van der Waals surface area contributed by atoms with Crippen molar-refractivity contribution in [2.45, 2.75) is 32.1 Å². The first kappa shape index (κ1) is 31.4. The van der Waals surface area contributed by atoms with Gasteiger partial charge in [0.05, 0.1) is 5.41 Å². The molecule has 0 saturated carbocycles. The van der Waals surface area contributed by atoms with E-state index in [0.717, 1.165) is 24.1 Å². The van der Waals surface area contributed by atoms with Crippen LogP contribution in [-0.2, 0) is 18.3 Å². The lowest BCUT2D eigenvalue weighted by atomic mass is 9.68. The van der Waals surface area contributed by atoms with Gasteiger partial charge in [0, 0.05) is 17.5 Å². The van der Waals surface area contributed by atoms with Crippen molar-refractivity contribution in [1.29, 1.82) is 0 Å². The average Bonchev–Trinajstić information content (AvgIpc) is 3.40. The topological polar surface area (TPSA) is 12.0 Å². The zero-order chi connectivity index (χ0) is 34.1. The lowest BCUT2D eigenvalue weighted by molar-refractivity contribution is 0.631. The van der Waals surface area contributed by atoms with Gasteiger partial charge in [0.25, 0.3) is 0 Å². The lowest BCUT2D eigenvalue weighted by Crippen LogP contribution is -2.30. The third kappa shape index (κ3) is 5.27. The Morgan fingerprint density at radius 3 is 2.10 bits per heavy atom. The summed E-state index contributed by atoms with van der Waals surface area (Å²) in [6.45, 7) is 9.09. The molecule has 0 aromatic heterocycles. The smallest absolute Gasteiger partial charge is 0.0510 e. The van der Waals surface area contributed by atoms with E-state index in [9.17, 15) is 0 Å². The van der Waals surface area contributed by atoms with Crippen molar-refractivity contribution >= 4 is 22.9 Å². The van der Waals surface area contributed by atoms with Gasteiger partial charge in [0.2, 0.25) is 0 Å². The van der Waals surface area contributed by atoms with E-state index in [2.05, 4.69) is 196 Å². The molecule has 1 N–H and O–H groups in total. The fourth-order valence-electron chi connectivity index (χ4n) is 8.25. The van der Waals surface area contributed by atoms with Crippen LogP contribution in [0.2, 0.25) is 0 Å². The fourth-order valence-corrected chi connectivity index (χ4v) is 8.25. The van der Waals surface area contributed by atoms with Crippen molar-refractivity contribution < 1.29 is 0 Å². The number of fused-ring (bicyclic) bond motifs is 8. The molecule has 1 spiro atoms. The number of nitrogens with one attached hydrogen (secondary N) is 1. The van der Waals surface area contributed by atoms with Gasteiger partial charge in [-0.2, -0.15) is 0 Å². The van der Waals surface area contributed by atoms with Crippen molar-refractivity contribution in [3.63, 3.8) is 0 Å². The molecule has 2 aliphatic rings. The van der Waals surface area contributed by atoms with Crippen molar-refractivity contribution in [2.24, 2.45) is 0 Å². The zero-order valence-corrected chi connectivity index (χ0v) is 28.8. The van der Waals surface area contributed by atoms with Crippen LogP contribution in [-0.4, -0.2) is 0 Å². The molecule has 50 heavy (non-hydrogen) atoms. The maximum absolute atomic E-state index is 4.65. The van der Waals surface area contributed by atoms with E-state index in [0.29, 0.717) is 0 Å². The molecule has 0 heterocycles. The highest BCUT2D eigenvalue weighted by molar-refractivity contribution is 5.95. The van der Waals surface area contributed by atoms with Gasteiger partial charge in [-0.15, -0.1) is 0 Å². The van der Waals surface area contributed by atoms with Crippen LogP contribution >= 0.6 is 0 Å². The van der Waals surface area contributed by atoms with Crippen molar-refractivity contribution in [3.05, 3.63) is 226 Å². The maximum atomic E-state index is 4.65. The summed E-state index contributed by atoms with van der Waals surface area (Å²) in [5, 5.41) is 3.79. The Balaban J connectivity index is 1.26. The monoisotopic (exact) mass is 643 g/mol. The van der Waals surface area contributed by atoms with Crippen LogP contribution in [0, 0.1) is 0 Å². The van der Waals surface area contributed by atoms with E-state index < -0.39 is 0 Å². The largest absolute Gasteiger partial charge is 0.361 e. The summed E-state index contributed by atoms with van der Waals surface area (Å²) >= 11 is 0. The molecular weight excluding hydrogens is 603 g/mol. The molecule has 1 atom stereocenters. The molecule has 0 aliphatic heterocycles. The molecule has 0 bridgehead atoms. The third-order valence-electron chi connectivity index (χ3n) is 10.6. The number of aryl methyl sites for hydroxylation is 1. The van der Waals surface area contributed by atoms with E-state index in [1.807, 2.05) is 0 Å².